The zero-order valence-electron chi connectivity index (χ0n) is 12.2. The van der Waals surface area contributed by atoms with Gasteiger partial charge in [-0.25, -0.2) is 0 Å². The summed E-state index contributed by atoms with van der Waals surface area (Å²) in [5, 5.41) is 6.88. The van der Waals surface area contributed by atoms with Crippen LogP contribution in [0, 0.1) is 6.92 Å². The van der Waals surface area contributed by atoms with Crippen LogP contribution in [0.1, 0.15) is 47.3 Å². The SMILES string of the molecule is Cc1occc1CN(C)C(=O)c1n[nH]c(C(C)C)c1N. The van der Waals surface area contributed by atoms with E-state index in [1.165, 1.54) is 0 Å². The van der Waals surface area contributed by atoms with E-state index in [4.69, 9.17) is 10.2 Å². The van der Waals surface area contributed by atoms with Gasteiger partial charge in [-0.2, -0.15) is 5.10 Å². The number of hydrogen-bond donors (Lipinski definition) is 2. The lowest BCUT2D eigenvalue weighted by atomic mass is 10.1. The average Bonchev–Trinajstić information content (AvgIpc) is 2.95. The molecule has 0 aliphatic carbocycles. The van der Waals surface area contributed by atoms with Crippen LogP contribution in [0.15, 0.2) is 16.7 Å². The highest BCUT2D eigenvalue weighted by atomic mass is 16.3. The molecular weight excluding hydrogens is 256 g/mol. The number of furan rings is 1. The first-order valence-corrected chi connectivity index (χ1v) is 6.54. The van der Waals surface area contributed by atoms with Crippen molar-refractivity contribution in [3.63, 3.8) is 0 Å². The number of H-pyrrole nitrogens is 1. The van der Waals surface area contributed by atoms with Crippen molar-refractivity contribution in [3.8, 4) is 0 Å². The van der Waals surface area contributed by atoms with Gasteiger partial charge in [-0.1, -0.05) is 13.8 Å². The van der Waals surface area contributed by atoms with E-state index in [0.717, 1.165) is 17.0 Å². The molecule has 0 fully saturated rings. The van der Waals surface area contributed by atoms with Gasteiger partial charge in [0, 0.05) is 19.2 Å². The highest BCUT2D eigenvalue weighted by Gasteiger charge is 2.22. The number of nitrogen functional groups attached to an aromatic ring is 1. The van der Waals surface area contributed by atoms with E-state index in [2.05, 4.69) is 10.2 Å². The molecule has 0 saturated heterocycles. The Hall–Kier alpha value is -2.24. The van der Waals surface area contributed by atoms with Crippen LogP contribution >= 0.6 is 0 Å². The first-order chi connectivity index (χ1) is 9.41. The fraction of sp³-hybridized carbons (Fsp3) is 0.429. The minimum atomic E-state index is -0.203. The molecule has 20 heavy (non-hydrogen) atoms. The first kappa shape index (κ1) is 14.2. The Balaban J connectivity index is 2.17. The highest BCUT2D eigenvalue weighted by Crippen LogP contribution is 2.23. The predicted octanol–water partition coefficient (Wildman–Crippen LogP) is 2.29. The number of amides is 1. The topological polar surface area (TPSA) is 88.2 Å². The summed E-state index contributed by atoms with van der Waals surface area (Å²) in [6, 6.07) is 1.85. The Bertz CT molecular complexity index is 612. The van der Waals surface area contributed by atoms with Crippen molar-refractivity contribution >= 4 is 11.6 Å². The fourth-order valence-corrected chi connectivity index (χ4v) is 2.05. The minimum absolute atomic E-state index is 0.200. The normalized spacial score (nSPS) is 11.1. The van der Waals surface area contributed by atoms with Crippen LogP contribution in [0.4, 0.5) is 5.69 Å². The Kier molecular flexibility index (Phi) is 3.83. The summed E-state index contributed by atoms with van der Waals surface area (Å²) < 4.78 is 5.23. The number of rotatable bonds is 4. The lowest BCUT2D eigenvalue weighted by molar-refractivity contribution is 0.0780. The number of nitrogens with one attached hydrogen (secondary N) is 1. The van der Waals surface area contributed by atoms with Crippen molar-refractivity contribution in [2.75, 3.05) is 12.8 Å². The largest absolute Gasteiger partial charge is 0.469 e. The van der Waals surface area contributed by atoms with Crippen LogP contribution in [0.25, 0.3) is 0 Å². The molecule has 0 bridgehead atoms. The Morgan fingerprint density at radius 1 is 1.55 bits per heavy atom. The number of anilines is 1. The molecule has 108 valence electrons. The Morgan fingerprint density at radius 3 is 2.75 bits per heavy atom. The molecule has 0 spiro atoms. The van der Waals surface area contributed by atoms with E-state index in [0.29, 0.717) is 12.2 Å². The molecular formula is C14H20N4O2. The highest BCUT2D eigenvalue weighted by molar-refractivity contribution is 5.97. The molecule has 6 heteroatoms. The second-order valence-corrected chi connectivity index (χ2v) is 5.22. The number of aromatic amines is 1. The molecule has 0 radical (unpaired) electrons. The first-order valence-electron chi connectivity index (χ1n) is 6.54. The van der Waals surface area contributed by atoms with Gasteiger partial charge in [-0.15, -0.1) is 0 Å². The second-order valence-electron chi connectivity index (χ2n) is 5.22. The van der Waals surface area contributed by atoms with Gasteiger partial charge in [-0.3, -0.25) is 9.89 Å². The van der Waals surface area contributed by atoms with E-state index in [9.17, 15) is 4.79 Å². The maximum atomic E-state index is 12.4. The number of nitrogens with zero attached hydrogens (tertiary/aromatic N) is 2. The van der Waals surface area contributed by atoms with Crippen LogP contribution < -0.4 is 5.73 Å². The maximum absolute atomic E-state index is 12.4. The molecule has 6 nitrogen and oxygen atoms in total. The van der Waals surface area contributed by atoms with Crippen LogP contribution in [-0.4, -0.2) is 28.1 Å². The third kappa shape index (κ3) is 2.54. The lowest BCUT2D eigenvalue weighted by Gasteiger charge is -2.15. The second kappa shape index (κ2) is 5.40. The molecule has 0 aliphatic heterocycles. The smallest absolute Gasteiger partial charge is 0.276 e. The van der Waals surface area contributed by atoms with Gasteiger partial charge in [0.15, 0.2) is 5.69 Å². The summed E-state index contributed by atoms with van der Waals surface area (Å²) in [6.45, 7) is 6.32. The van der Waals surface area contributed by atoms with Gasteiger partial charge in [0.2, 0.25) is 0 Å². The van der Waals surface area contributed by atoms with Crippen molar-refractivity contribution in [2.24, 2.45) is 0 Å². The molecule has 0 aliphatic rings. The number of nitrogens with two attached hydrogens (primary N) is 1. The molecule has 2 heterocycles. The average molecular weight is 276 g/mol. The minimum Gasteiger partial charge on any atom is -0.469 e. The summed E-state index contributed by atoms with van der Waals surface area (Å²) >= 11 is 0. The standard InChI is InChI=1S/C14H20N4O2/c1-8(2)12-11(15)13(17-16-12)14(19)18(4)7-10-5-6-20-9(10)3/h5-6,8H,7,15H2,1-4H3,(H,16,17). The van der Waals surface area contributed by atoms with Crippen LogP contribution in [-0.2, 0) is 6.54 Å². The molecule has 0 saturated carbocycles. The summed E-state index contributed by atoms with van der Waals surface area (Å²) in [7, 11) is 1.72. The third-order valence-electron chi connectivity index (χ3n) is 3.33. The van der Waals surface area contributed by atoms with E-state index in [1.807, 2.05) is 26.8 Å². The number of carbonyl (C=O) groups excluding carboxylic acids is 1. The zero-order chi connectivity index (χ0) is 14.9. The van der Waals surface area contributed by atoms with Crippen LogP contribution in [0.3, 0.4) is 0 Å². The van der Waals surface area contributed by atoms with E-state index >= 15 is 0 Å². The van der Waals surface area contributed by atoms with Crippen molar-refractivity contribution in [1.82, 2.24) is 15.1 Å². The number of aromatic nitrogens is 2. The number of aryl methyl sites for hydroxylation is 1. The summed E-state index contributed by atoms with van der Waals surface area (Å²) in [5.74, 6) is 0.805. The van der Waals surface area contributed by atoms with Gasteiger partial charge >= 0.3 is 0 Å². The molecule has 1 amide bonds. The molecule has 0 aromatic carbocycles. The van der Waals surface area contributed by atoms with E-state index < -0.39 is 0 Å². The Morgan fingerprint density at radius 2 is 2.25 bits per heavy atom. The van der Waals surface area contributed by atoms with Crippen molar-refractivity contribution in [1.29, 1.82) is 0 Å². The third-order valence-corrected chi connectivity index (χ3v) is 3.33. The summed E-state index contributed by atoms with van der Waals surface area (Å²) in [6.07, 6.45) is 1.61. The molecule has 2 aromatic rings. The molecule has 3 N–H and O–H groups in total. The van der Waals surface area contributed by atoms with Crippen LogP contribution in [0.5, 0.6) is 0 Å². The van der Waals surface area contributed by atoms with Gasteiger partial charge < -0.3 is 15.1 Å². The quantitative estimate of drug-likeness (QED) is 0.896. The van der Waals surface area contributed by atoms with Gasteiger partial charge in [0.1, 0.15) is 5.76 Å². The van der Waals surface area contributed by atoms with Gasteiger partial charge in [0.25, 0.3) is 5.91 Å². The molecule has 0 unspecified atom stereocenters. The Labute approximate surface area is 117 Å². The number of carbonyl (C=O) groups is 1. The van der Waals surface area contributed by atoms with Gasteiger partial charge in [-0.05, 0) is 18.9 Å². The molecule has 0 atom stereocenters. The fourth-order valence-electron chi connectivity index (χ4n) is 2.05. The van der Waals surface area contributed by atoms with E-state index in [-0.39, 0.29) is 17.5 Å². The lowest BCUT2D eigenvalue weighted by Crippen LogP contribution is -2.27. The van der Waals surface area contributed by atoms with Crippen molar-refractivity contribution in [3.05, 3.63) is 35.0 Å². The van der Waals surface area contributed by atoms with Gasteiger partial charge in [0.05, 0.1) is 17.6 Å². The zero-order valence-corrected chi connectivity index (χ0v) is 12.2. The maximum Gasteiger partial charge on any atom is 0.276 e. The van der Waals surface area contributed by atoms with Crippen molar-refractivity contribution < 1.29 is 9.21 Å². The number of hydrogen-bond acceptors (Lipinski definition) is 4. The molecule has 2 rings (SSSR count). The monoisotopic (exact) mass is 276 g/mol. The summed E-state index contributed by atoms with van der Waals surface area (Å²) in [5.41, 5.74) is 8.46. The summed E-state index contributed by atoms with van der Waals surface area (Å²) in [4.78, 5) is 13.9. The van der Waals surface area contributed by atoms with Crippen LogP contribution in [0.2, 0.25) is 0 Å². The van der Waals surface area contributed by atoms with Crippen molar-refractivity contribution in [2.45, 2.75) is 33.2 Å². The van der Waals surface area contributed by atoms with E-state index in [1.54, 1.807) is 18.2 Å². The molecule has 2 aromatic heterocycles. The predicted molar refractivity (Wildman–Crippen MR) is 76.3 cm³/mol.